The number of carbonyl (C=O) groups excluding carboxylic acids is 1. The van der Waals surface area contributed by atoms with Gasteiger partial charge in [0.25, 0.3) is 11.5 Å². The van der Waals surface area contributed by atoms with Crippen molar-refractivity contribution in [2.75, 3.05) is 6.54 Å². The van der Waals surface area contributed by atoms with Gasteiger partial charge >= 0.3 is 0 Å². The third kappa shape index (κ3) is 3.20. The molecule has 0 bridgehead atoms. The third-order valence-corrected chi connectivity index (χ3v) is 3.67. The minimum atomic E-state index is -0.303. The second kappa shape index (κ2) is 5.97. The Hall–Kier alpha value is -1.69. The molecule has 0 spiro atoms. The van der Waals surface area contributed by atoms with Gasteiger partial charge in [0.1, 0.15) is 5.69 Å². The number of carbonyl (C=O) groups is 1. The molecule has 19 heavy (non-hydrogen) atoms. The van der Waals surface area contributed by atoms with Crippen LogP contribution in [-0.2, 0) is 0 Å². The lowest BCUT2D eigenvalue weighted by Crippen LogP contribution is -2.44. The van der Waals surface area contributed by atoms with Gasteiger partial charge < -0.3 is 15.6 Å². The minimum Gasteiger partial charge on any atom is -0.335 e. The summed E-state index contributed by atoms with van der Waals surface area (Å²) in [5, 5.41) is 0. The predicted molar refractivity (Wildman–Crippen MR) is 71.8 cm³/mol. The molecule has 0 aliphatic heterocycles. The molecular weight excluding hydrogens is 244 g/mol. The van der Waals surface area contributed by atoms with Crippen LogP contribution in [0.5, 0.6) is 0 Å². The van der Waals surface area contributed by atoms with Crippen molar-refractivity contribution < 1.29 is 4.79 Å². The minimum absolute atomic E-state index is 0.126. The number of amides is 1. The van der Waals surface area contributed by atoms with E-state index in [0.29, 0.717) is 6.54 Å². The highest BCUT2D eigenvalue weighted by atomic mass is 16.2. The molecule has 1 aliphatic rings. The van der Waals surface area contributed by atoms with Gasteiger partial charge in [-0.05, 0) is 32.6 Å². The molecule has 1 fully saturated rings. The highest BCUT2D eigenvalue weighted by molar-refractivity contribution is 5.92. The molecule has 0 aromatic carbocycles. The van der Waals surface area contributed by atoms with Crippen LogP contribution in [0.15, 0.2) is 17.2 Å². The number of hydrogen-bond donors (Lipinski definition) is 2. The maximum atomic E-state index is 12.4. The summed E-state index contributed by atoms with van der Waals surface area (Å²) < 4.78 is 0. The molecule has 1 aliphatic carbocycles. The average molecular weight is 264 g/mol. The largest absolute Gasteiger partial charge is 0.335 e. The van der Waals surface area contributed by atoms with Crippen LogP contribution < -0.4 is 11.3 Å². The number of nitrogens with zero attached hydrogens (tertiary/aromatic N) is 2. The first-order valence-electron chi connectivity index (χ1n) is 6.73. The van der Waals surface area contributed by atoms with Gasteiger partial charge in [0.15, 0.2) is 0 Å². The monoisotopic (exact) mass is 264 g/mol. The number of rotatable bonds is 3. The van der Waals surface area contributed by atoms with E-state index in [1.54, 1.807) is 0 Å². The van der Waals surface area contributed by atoms with Gasteiger partial charge in [-0.15, -0.1) is 0 Å². The first-order chi connectivity index (χ1) is 9.11. The molecule has 1 aromatic rings. The van der Waals surface area contributed by atoms with Crippen LogP contribution in [-0.4, -0.2) is 39.4 Å². The summed E-state index contributed by atoms with van der Waals surface area (Å²) in [5.41, 5.74) is 5.87. The van der Waals surface area contributed by atoms with Crippen molar-refractivity contribution in [2.45, 2.75) is 44.7 Å². The summed E-state index contributed by atoms with van der Waals surface area (Å²) in [6.07, 6.45) is 6.29. The van der Waals surface area contributed by atoms with Gasteiger partial charge in [0.05, 0.1) is 6.20 Å². The standard InChI is InChI=1S/C13H20N4O2/c1-2-17(10-5-3-9(14)4-6-10)13(19)11-7-16-12(18)8-15-11/h7-10H,2-6,14H2,1H3,(H,16,18). The Morgan fingerprint density at radius 1 is 1.47 bits per heavy atom. The van der Waals surface area contributed by atoms with Crippen molar-refractivity contribution in [3.8, 4) is 0 Å². The van der Waals surface area contributed by atoms with Crippen molar-refractivity contribution in [1.29, 1.82) is 0 Å². The second-order valence-electron chi connectivity index (χ2n) is 4.96. The molecule has 0 radical (unpaired) electrons. The average Bonchev–Trinajstić information content (AvgIpc) is 2.42. The van der Waals surface area contributed by atoms with Gasteiger partial charge in [-0.2, -0.15) is 0 Å². The van der Waals surface area contributed by atoms with E-state index >= 15 is 0 Å². The van der Waals surface area contributed by atoms with E-state index in [-0.39, 0.29) is 29.2 Å². The number of nitrogens with one attached hydrogen (secondary N) is 1. The fraction of sp³-hybridized carbons (Fsp3) is 0.615. The van der Waals surface area contributed by atoms with Crippen molar-refractivity contribution in [1.82, 2.24) is 14.9 Å². The quantitative estimate of drug-likeness (QED) is 0.831. The SMILES string of the molecule is CCN(C(=O)c1c[nH]c(=O)cn1)C1CCC(N)CC1. The first-order valence-corrected chi connectivity index (χ1v) is 6.73. The number of aromatic nitrogens is 2. The Morgan fingerprint density at radius 2 is 2.16 bits per heavy atom. The van der Waals surface area contributed by atoms with Gasteiger partial charge in [-0.25, -0.2) is 4.98 Å². The molecule has 104 valence electrons. The fourth-order valence-electron chi connectivity index (χ4n) is 2.59. The van der Waals surface area contributed by atoms with E-state index in [1.165, 1.54) is 6.20 Å². The first kappa shape index (κ1) is 13.7. The van der Waals surface area contributed by atoms with Crippen LogP contribution in [0.1, 0.15) is 43.1 Å². The molecule has 3 N–H and O–H groups in total. The summed E-state index contributed by atoms with van der Waals surface area (Å²) in [4.78, 5) is 31.5. The molecule has 6 heteroatoms. The van der Waals surface area contributed by atoms with Crippen LogP contribution in [0.3, 0.4) is 0 Å². The van der Waals surface area contributed by atoms with Gasteiger partial charge in [-0.3, -0.25) is 9.59 Å². The number of aromatic amines is 1. The zero-order valence-corrected chi connectivity index (χ0v) is 11.1. The molecule has 0 atom stereocenters. The molecule has 6 nitrogen and oxygen atoms in total. The van der Waals surface area contributed by atoms with Crippen LogP contribution in [0, 0.1) is 0 Å². The van der Waals surface area contributed by atoms with Crippen molar-refractivity contribution in [3.05, 3.63) is 28.4 Å². The van der Waals surface area contributed by atoms with E-state index in [9.17, 15) is 9.59 Å². The van der Waals surface area contributed by atoms with Gasteiger partial charge in [0, 0.05) is 24.8 Å². The number of H-pyrrole nitrogens is 1. The zero-order chi connectivity index (χ0) is 13.8. The molecule has 1 amide bonds. The van der Waals surface area contributed by atoms with Crippen molar-refractivity contribution in [2.24, 2.45) is 5.73 Å². The Labute approximate surface area is 112 Å². The summed E-state index contributed by atoms with van der Waals surface area (Å²) in [7, 11) is 0. The number of nitrogens with two attached hydrogens (primary N) is 1. The van der Waals surface area contributed by atoms with E-state index in [4.69, 9.17) is 5.73 Å². The van der Waals surface area contributed by atoms with Crippen LogP contribution in [0.2, 0.25) is 0 Å². The number of hydrogen-bond acceptors (Lipinski definition) is 4. The van der Waals surface area contributed by atoms with Gasteiger partial charge in [-0.1, -0.05) is 0 Å². The highest BCUT2D eigenvalue weighted by Gasteiger charge is 2.27. The topological polar surface area (TPSA) is 92.1 Å². The molecular formula is C13H20N4O2. The van der Waals surface area contributed by atoms with E-state index in [2.05, 4.69) is 9.97 Å². The molecule has 1 heterocycles. The molecule has 2 rings (SSSR count). The van der Waals surface area contributed by atoms with Gasteiger partial charge in [0.2, 0.25) is 0 Å². The van der Waals surface area contributed by atoms with E-state index < -0.39 is 0 Å². The van der Waals surface area contributed by atoms with Crippen LogP contribution in [0.4, 0.5) is 0 Å². The molecule has 1 saturated carbocycles. The maximum Gasteiger partial charge on any atom is 0.274 e. The van der Waals surface area contributed by atoms with Crippen molar-refractivity contribution >= 4 is 5.91 Å². The Kier molecular flexibility index (Phi) is 4.31. The van der Waals surface area contributed by atoms with Crippen LogP contribution in [0.25, 0.3) is 0 Å². The smallest absolute Gasteiger partial charge is 0.274 e. The molecule has 0 unspecified atom stereocenters. The van der Waals surface area contributed by atoms with E-state index in [1.807, 2.05) is 11.8 Å². The maximum absolute atomic E-state index is 12.4. The summed E-state index contributed by atoms with van der Waals surface area (Å²) in [6.45, 7) is 2.59. The molecule has 1 aromatic heterocycles. The normalized spacial score (nSPS) is 23.1. The van der Waals surface area contributed by atoms with Crippen molar-refractivity contribution in [3.63, 3.8) is 0 Å². The molecule has 0 saturated heterocycles. The lowest BCUT2D eigenvalue weighted by Gasteiger charge is -2.35. The summed E-state index contributed by atoms with van der Waals surface area (Å²) in [6, 6.07) is 0.488. The van der Waals surface area contributed by atoms with E-state index in [0.717, 1.165) is 31.9 Å². The second-order valence-corrected chi connectivity index (χ2v) is 4.96. The Morgan fingerprint density at radius 3 is 2.68 bits per heavy atom. The summed E-state index contributed by atoms with van der Waals surface area (Å²) in [5.74, 6) is -0.126. The van der Waals surface area contributed by atoms with Crippen LogP contribution >= 0.6 is 0 Å². The zero-order valence-electron chi connectivity index (χ0n) is 11.1. The third-order valence-electron chi connectivity index (χ3n) is 3.67. The lowest BCUT2D eigenvalue weighted by atomic mass is 9.90. The fourth-order valence-corrected chi connectivity index (χ4v) is 2.59. The Bertz CT molecular complexity index is 471. The summed E-state index contributed by atoms with van der Waals surface area (Å²) >= 11 is 0. The predicted octanol–water partition coefficient (Wildman–Crippen LogP) is 0.502. The lowest BCUT2D eigenvalue weighted by molar-refractivity contribution is 0.0634. The Balaban J connectivity index is 2.10. The highest BCUT2D eigenvalue weighted by Crippen LogP contribution is 2.23.